The largest absolute Gasteiger partial charge is 0.383 e. The number of imidazole rings is 1. The molecule has 5 rings (SSSR count). The molecule has 1 fully saturated rings. The molecule has 2 aromatic carbocycles. The van der Waals surface area contributed by atoms with Gasteiger partial charge >= 0.3 is 0 Å². The van der Waals surface area contributed by atoms with Crippen molar-refractivity contribution in [2.75, 3.05) is 32.2 Å². The van der Waals surface area contributed by atoms with E-state index in [1.54, 1.807) is 30.1 Å². The maximum Gasteiger partial charge on any atom is 0.261 e. The molecule has 40 heavy (non-hydrogen) atoms. The molecule has 1 aliphatic heterocycles. The van der Waals surface area contributed by atoms with Crippen molar-refractivity contribution in [3.63, 3.8) is 0 Å². The highest BCUT2D eigenvalue weighted by atomic mass is 19.1. The lowest BCUT2D eigenvalue weighted by Crippen LogP contribution is -2.19. The molecular weight excluding hydrogens is 525 g/mol. The highest BCUT2D eigenvalue weighted by molar-refractivity contribution is 6.06. The summed E-state index contributed by atoms with van der Waals surface area (Å²) in [5.74, 6) is -3.00. The monoisotopic (exact) mass is 554 g/mol. The molecule has 3 heterocycles. The number of benzene rings is 2. The van der Waals surface area contributed by atoms with E-state index in [0.29, 0.717) is 55.5 Å². The van der Waals surface area contributed by atoms with E-state index in [1.165, 1.54) is 18.2 Å². The summed E-state index contributed by atoms with van der Waals surface area (Å²) >= 11 is 0. The molecule has 0 aliphatic carbocycles. The molecule has 2 aromatic heterocycles. The average Bonchev–Trinajstić information content (AvgIpc) is 3.56. The summed E-state index contributed by atoms with van der Waals surface area (Å²) < 4.78 is 54.9. The number of nitrogens with zero attached hydrogens (tertiary/aromatic N) is 3. The van der Waals surface area contributed by atoms with Crippen LogP contribution in [-0.2, 0) is 16.0 Å². The number of halogens is 3. The van der Waals surface area contributed by atoms with Crippen LogP contribution in [0.1, 0.15) is 41.5 Å². The van der Waals surface area contributed by atoms with Crippen LogP contribution in [0.2, 0.25) is 0 Å². The third kappa shape index (κ3) is 6.09. The fourth-order valence-electron chi connectivity index (χ4n) is 4.52. The molecule has 1 aliphatic rings. The minimum atomic E-state index is -0.983. The Morgan fingerprint density at radius 3 is 2.62 bits per heavy atom. The molecule has 12 heteroatoms. The maximum atomic E-state index is 14.4. The van der Waals surface area contributed by atoms with Gasteiger partial charge in [-0.05, 0) is 55.7 Å². The Bertz CT molecular complexity index is 1440. The summed E-state index contributed by atoms with van der Waals surface area (Å²) in [4.78, 5) is 21.0. The van der Waals surface area contributed by atoms with E-state index in [2.05, 4.69) is 20.7 Å². The molecule has 1 atom stereocenters. The van der Waals surface area contributed by atoms with E-state index in [4.69, 9.17) is 14.5 Å². The molecule has 4 aromatic rings. The van der Waals surface area contributed by atoms with Crippen molar-refractivity contribution in [2.24, 2.45) is 0 Å². The SMILES string of the molecule is COCCNCc1nc(-c2nn(C3CCCCO3)cc2NC(=O)c2c(F)cccc2F)[nH]c1-c1ccc(F)cc1. The Balaban J connectivity index is 1.55. The third-order valence-electron chi connectivity index (χ3n) is 6.53. The number of hydrogen-bond donors (Lipinski definition) is 3. The van der Waals surface area contributed by atoms with Crippen LogP contribution in [0.3, 0.4) is 0 Å². The predicted molar refractivity (Wildman–Crippen MR) is 142 cm³/mol. The topological polar surface area (TPSA) is 106 Å². The summed E-state index contributed by atoms with van der Waals surface area (Å²) in [5.41, 5.74) is 1.69. The van der Waals surface area contributed by atoms with Crippen LogP contribution >= 0.6 is 0 Å². The molecule has 0 saturated carbocycles. The van der Waals surface area contributed by atoms with Crippen LogP contribution in [0.4, 0.5) is 18.9 Å². The number of amides is 1. The number of methoxy groups -OCH3 is 1. The van der Waals surface area contributed by atoms with Crippen LogP contribution in [0, 0.1) is 17.5 Å². The zero-order valence-electron chi connectivity index (χ0n) is 21.8. The van der Waals surface area contributed by atoms with Gasteiger partial charge in [-0.25, -0.2) is 22.8 Å². The number of anilines is 1. The first kappa shape index (κ1) is 27.6. The van der Waals surface area contributed by atoms with E-state index in [0.717, 1.165) is 25.0 Å². The smallest absolute Gasteiger partial charge is 0.261 e. The quantitative estimate of drug-likeness (QED) is 0.237. The fraction of sp³-hybridized carbons (Fsp3) is 0.321. The lowest BCUT2D eigenvalue weighted by Gasteiger charge is -2.22. The minimum Gasteiger partial charge on any atom is -0.383 e. The van der Waals surface area contributed by atoms with E-state index in [1.807, 2.05) is 0 Å². The van der Waals surface area contributed by atoms with Crippen molar-refractivity contribution < 1.29 is 27.4 Å². The Kier molecular flexibility index (Phi) is 8.58. The Morgan fingerprint density at radius 2 is 1.93 bits per heavy atom. The van der Waals surface area contributed by atoms with Crippen molar-refractivity contribution >= 4 is 11.6 Å². The van der Waals surface area contributed by atoms with Gasteiger partial charge in [-0.15, -0.1) is 0 Å². The number of hydrogen-bond acceptors (Lipinski definition) is 6. The molecule has 1 unspecified atom stereocenters. The van der Waals surface area contributed by atoms with Gasteiger partial charge in [0.2, 0.25) is 0 Å². The van der Waals surface area contributed by atoms with Gasteiger partial charge in [-0.1, -0.05) is 6.07 Å². The highest BCUT2D eigenvalue weighted by Crippen LogP contribution is 2.33. The Labute approximate surface area is 228 Å². The summed E-state index contributed by atoms with van der Waals surface area (Å²) in [6, 6.07) is 9.18. The van der Waals surface area contributed by atoms with Gasteiger partial charge in [-0.2, -0.15) is 5.10 Å². The lowest BCUT2D eigenvalue weighted by atomic mass is 10.1. The maximum absolute atomic E-state index is 14.4. The van der Waals surface area contributed by atoms with Gasteiger partial charge in [0.1, 0.15) is 29.2 Å². The number of nitrogens with one attached hydrogen (secondary N) is 3. The normalized spacial score (nSPS) is 15.3. The molecule has 9 nitrogen and oxygen atoms in total. The van der Waals surface area contributed by atoms with Crippen LogP contribution in [-0.4, -0.2) is 52.5 Å². The first-order chi connectivity index (χ1) is 19.4. The van der Waals surface area contributed by atoms with E-state index >= 15 is 0 Å². The first-order valence-electron chi connectivity index (χ1n) is 13.0. The molecule has 0 spiro atoms. The first-order valence-corrected chi connectivity index (χ1v) is 13.0. The minimum absolute atomic E-state index is 0.195. The van der Waals surface area contributed by atoms with Crippen LogP contribution in [0.25, 0.3) is 22.8 Å². The Morgan fingerprint density at radius 1 is 1.15 bits per heavy atom. The van der Waals surface area contributed by atoms with Gasteiger partial charge < -0.3 is 25.1 Å². The molecule has 1 saturated heterocycles. The molecular formula is C28H29F3N6O3. The number of H-pyrrole nitrogens is 1. The molecule has 0 bridgehead atoms. The number of carbonyl (C=O) groups is 1. The van der Waals surface area contributed by atoms with E-state index in [-0.39, 0.29) is 23.4 Å². The molecule has 1 amide bonds. The van der Waals surface area contributed by atoms with Gasteiger partial charge in [-0.3, -0.25) is 4.79 Å². The van der Waals surface area contributed by atoms with Crippen molar-refractivity contribution in [3.05, 3.63) is 77.4 Å². The average molecular weight is 555 g/mol. The van der Waals surface area contributed by atoms with Crippen LogP contribution < -0.4 is 10.6 Å². The summed E-state index contributed by atoms with van der Waals surface area (Å²) in [5, 5.41) is 10.5. The van der Waals surface area contributed by atoms with E-state index < -0.39 is 23.1 Å². The second-order valence-electron chi connectivity index (χ2n) is 9.33. The second kappa shape index (κ2) is 12.5. The standard InChI is InChI=1S/C28H29F3N6O3/c1-39-14-12-32-15-21-25(17-8-10-18(29)11-9-17)35-27(33-21)26-22(16-37(36-26)23-7-2-3-13-40-23)34-28(38)24-19(30)5-4-6-20(24)31/h4-6,8-11,16,23,32H,2-3,7,12-15H2,1H3,(H,33,35)(H,34,38). The Hall–Kier alpha value is -4.00. The van der Waals surface area contributed by atoms with Crippen LogP contribution in [0.5, 0.6) is 0 Å². The molecule has 0 radical (unpaired) electrons. The zero-order valence-corrected chi connectivity index (χ0v) is 21.8. The highest BCUT2D eigenvalue weighted by Gasteiger charge is 2.26. The van der Waals surface area contributed by atoms with Crippen molar-refractivity contribution in [1.29, 1.82) is 0 Å². The van der Waals surface area contributed by atoms with Gasteiger partial charge in [0, 0.05) is 32.4 Å². The second-order valence-corrected chi connectivity index (χ2v) is 9.33. The summed E-state index contributed by atoms with van der Waals surface area (Å²) in [6.45, 7) is 2.00. The number of aromatic nitrogens is 4. The summed E-state index contributed by atoms with van der Waals surface area (Å²) in [7, 11) is 1.60. The zero-order chi connectivity index (χ0) is 28.1. The molecule has 3 N–H and O–H groups in total. The van der Waals surface area contributed by atoms with Crippen LogP contribution in [0.15, 0.2) is 48.7 Å². The van der Waals surface area contributed by atoms with Gasteiger partial charge in [0.05, 0.1) is 29.9 Å². The van der Waals surface area contributed by atoms with Gasteiger partial charge in [0.15, 0.2) is 11.5 Å². The third-order valence-corrected chi connectivity index (χ3v) is 6.53. The van der Waals surface area contributed by atoms with Gasteiger partial charge in [0.25, 0.3) is 5.91 Å². The predicted octanol–water partition coefficient (Wildman–Crippen LogP) is 5.04. The molecule has 210 valence electrons. The lowest BCUT2D eigenvalue weighted by molar-refractivity contribution is -0.0393. The number of aromatic amines is 1. The number of carbonyl (C=O) groups excluding carboxylic acids is 1. The summed E-state index contributed by atoms with van der Waals surface area (Å²) in [6.07, 6.45) is 3.78. The number of rotatable bonds is 10. The van der Waals surface area contributed by atoms with Crippen molar-refractivity contribution in [2.45, 2.75) is 32.0 Å². The van der Waals surface area contributed by atoms with Crippen molar-refractivity contribution in [3.8, 4) is 22.8 Å². The fourth-order valence-corrected chi connectivity index (χ4v) is 4.52. The van der Waals surface area contributed by atoms with E-state index in [9.17, 15) is 18.0 Å². The van der Waals surface area contributed by atoms with Crippen molar-refractivity contribution in [1.82, 2.24) is 25.1 Å². The number of ether oxygens (including phenoxy) is 2.